The Kier molecular flexibility index (Phi) is 4.27. The molecule has 0 amide bonds. The highest BCUT2D eigenvalue weighted by molar-refractivity contribution is 5.53. The van der Waals surface area contributed by atoms with Gasteiger partial charge in [0, 0.05) is 24.8 Å². The Bertz CT molecular complexity index is 545. The van der Waals surface area contributed by atoms with Crippen molar-refractivity contribution in [3.8, 4) is 0 Å². The van der Waals surface area contributed by atoms with Crippen LogP contribution >= 0.6 is 0 Å². The number of aryl methyl sites for hydroxylation is 2. The number of furan rings is 1. The fraction of sp³-hybridized carbons (Fsp3) is 0.375. The maximum atomic E-state index is 5.59. The van der Waals surface area contributed by atoms with Gasteiger partial charge in [-0.15, -0.1) is 0 Å². The van der Waals surface area contributed by atoms with E-state index in [1.54, 1.807) is 0 Å². The standard InChI is InChI=1S/C16H22N2O/c1-12-5-6-16(13(2)7-12)18(4)10-15-8-14(9-17-3)11-19-15/h5-8,11,17H,9-10H2,1-4H3. The average molecular weight is 258 g/mol. The number of rotatable bonds is 5. The first-order chi connectivity index (χ1) is 9.10. The molecular formula is C16H22N2O. The fourth-order valence-corrected chi connectivity index (χ4v) is 2.36. The molecule has 19 heavy (non-hydrogen) atoms. The van der Waals surface area contributed by atoms with Gasteiger partial charge in [0.2, 0.25) is 0 Å². The molecular weight excluding hydrogens is 236 g/mol. The van der Waals surface area contributed by atoms with Crippen molar-refractivity contribution in [2.24, 2.45) is 0 Å². The largest absolute Gasteiger partial charge is 0.467 e. The van der Waals surface area contributed by atoms with Crippen molar-refractivity contribution in [2.45, 2.75) is 26.9 Å². The number of hydrogen-bond acceptors (Lipinski definition) is 3. The van der Waals surface area contributed by atoms with Crippen molar-refractivity contribution in [3.63, 3.8) is 0 Å². The summed E-state index contributed by atoms with van der Waals surface area (Å²) in [5, 5.41) is 3.12. The molecule has 3 nitrogen and oxygen atoms in total. The van der Waals surface area contributed by atoms with Crippen LogP contribution in [0.1, 0.15) is 22.5 Å². The van der Waals surface area contributed by atoms with Crippen LogP contribution in [-0.2, 0) is 13.1 Å². The van der Waals surface area contributed by atoms with Crippen molar-refractivity contribution in [2.75, 3.05) is 19.0 Å². The summed E-state index contributed by atoms with van der Waals surface area (Å²) < 4.78 is 5.59. The molecule has 1 aromatic carbocycles. The van der Waals surface area contributed by atoms with Crippen LogP contribution in [0.25, 0.3) is 0 Å². The van der Waals surface area contributed by atoms with Crippen molar-refractivity contribution >= 4 is 5.69 Å². The summed E-state index contributed by atoms with van der Waals surface area (Å²) in [6.07, 6.45) is 1.82. The first-order valence-electron chi connectivity index (χ1n) is 6.59. The second kappa shape index (κ2) is 5.93. The van der Waals surface area contributed by atoms with Crippen LogP contribution < -0.4 is 10.2 Å². The lowest BCUT2D eigenvalue weighted by Gasteiger charge is -2.20. The van der Waals surface area contributed by atoms with Gasteiger partial charge >= 0.3 is 0 Å². The van der Waals surface area contributed by atoms with Crippen molar-refractivity contribution in [1.29, 1.82) is 0 Å². The highest BCUT2D eigenvalue weighted by atomic mass is 16.3. The first-order valence-corrected chi connectivity index (χ1v) is 6.59. The third-order valence-electron chi connectivity index (χ3n) is 3.25. The van der Waals surface area contributed by atoms with E-state index in [-0.39, 0.29) is 0 Å². The minimum Gasteiger partial charge on any atom is -0.467 e. The smallest absolute Gasteiger partial charge is 0.123 e. The molecule has 1 heterocycles. The third-order valence-corrected chi connectivity index (χ3v) is 3.25. The van der Waals surface area contributed by atoms with Crippen LogP contribution in [-0.4, -0.2) is 14.1 Å². The van der Waals surface area contributed by atoms with Crippen LogP contribution in [0.4, 0.5) is 5.69 Å². The van der Waals surface area contributed by atoms with Crippen LogP contribution in [0.15, 0.2) is 34.9 Å². The van der Waals surface area contributed by atoms with Gasteiger partial charge in [0.15, 0.2) is 0 Å². The van der Waals surface area contributed by atoms with E-state index in [2.05, 4.69) is 55.4 Å². The molecule has 102 valence electrons. The van der Waals surface area contributed by atoms with E-state index in [1.807, 2.05) is 13.3 Å². The molecule has 0 fully saturated rings. The predicted molar refractivity (Wildman–Crippen MR) is 79.5 cm³/mol. The summed E-state index contributed by atoms with van der Waals surface area (Å²) in [5.74, 6) is 0.993. The fourth-order valence-electron chi connectivity index (χ4n) is 2.36. The molecule has 0 bridgehead atoms. The molecule has 2 aromatic rings. The molecule has 2 rings (SSSR count). The zero-order valence-corrected chi connectivity index (χ0v) is 12.2. The molecule has 1 aromatic heterocycles. The third kappa shape index (κ3) is 3.38. The van der Waals surface area contributed by atoms with E-state index in [4.69, 9.17) is 4.42 Å². The molecule has 0 aliphatic rings. The van der Waals surface area contributed by atoms with Gasteiger partial charge in [0.25, 0.3) is 0 Å². The molecule has 0 aliphatic carbocycles. The van der Waals surface area contributed by atoms with Crippen molar-refractivity contribution in [1.82, 2.24) is 5.32 Å². The molecule has 3 heteroatoms. The minimum atomic E-state index is 0.785. The predicted octanol–water partition coefficient (Wildman–Crippen LogP) is 3.25. The lowest BCUT2D eigenvalue weighted by Crippen LogP contribution is -2.17. The zero-order chi connectivity index (χ0) is 13.8. The molecule has 0 radical (unpaired) electrons. The van der Waals surface area contributed by atoms with Gasteiger partial charge in [0.1, 0.15) is 5.76 Å². The maximum absolute atomic E-state index is 5.59. The second-order valence-electron chi connectivity index (χ2n) is 5.10. The quantitative estimate of drug-likeness (QED) is 0.892. The Morgan fingerprint density at radius 1 is 1.21 bits per heavy atom. The van der Waals surface area contributed by atoms with Gasteiger partial charge < -0.3 is 14.6 Å². The normalized spacial score (nSPS) is 10.7. The van der Waals surface area contributed by atoms with E-state index >= 15 is 0 Å². The van der Waals surface area contributed by atoms with Crippen molar-refractivity contribution in [3.05, 3.63) is 53.0 Å². The summed E-state index contributed by atoms with van der Waals surface area (Å²) in [4.78, 5) is 2.22. The Morgan fingerprint density at radius 3 is 2.68 bits per heavy atom. The lowest BCUT2D eigenvalue weighted by atomic mass is 10.1. The molecule has 0 unspecified atom stereocenters. The number of benzene rings is 1. The van der Waals surface area contributed by atoms with E-state index in [0.717, 1.165) is 18.8 Å². The van der Waals surface area contributed by atoms with Gasteiger partial charge in [-0.05, 0) is 38.6 Å². The summed E-state index contributed by atoms with van der Waals surface area (Å²) in [6.45, 7) is 5.89. The Labute approximate surface area is 115 Å². The first kappa shape index (κ1) is 13.7. The molecule has 0 atom stereocenters. The number of nitrogens with zero attached hydrogens (tertiary/aromatic N) is 1. The Morgan fingerprint density at radius 2 is 2.00 bits per heavy atom. The van der Waals surface area contributed by atoms with Crippen LogP contribution in [0.5, 0.6) is 0 Å². The number of anilines is 1. The summed E-state index contributed by atoms with van der Waals surface area (Å²) in [7, 11) is 4.03. The monoisotopic (exact) mass is 258 g/mol. The van der Waals surface area contributed by atoms with E-state index in [9.17, 15) is 0 Å². The Balaban J connectivity index is 2.09. The minimum absolute atomic E-state index is 0.785. The van der Waals surface area contributed by atoms with Crippen LogP contribution in [0, 0.1) is 13.8 Å². The van der Waals surface area contributed by atoms with Gasteiger partial charge in [-0.3, -0.25) is 0 Å². The highest BCUT2D eigenvalue weighted by Crippen LogP contribution is 2.22. The van der Waals surface area contributed by atoms with Crippen LogP contribution in [0.2, 0.25) is 0 Å². The molecule has 0 spiro atoms. The van der Waals surface area contributed by atoms with E-state index in [1.165, 1.54) is 22.4 Å². The second-order valence-corrected chi connectivity index (χ2v) is 5.10. The summed E-state index contributed by atoms with van der Waals surface area (Å²) in [5.41, 5.74) is 5.03. The SMILES string of the molecule is CNCc1coc(CN(C)c2ccc(C)cc2C)c1. The Hall–Kier alpha value is -1.74. The van der Waals surface area contributed by atoms with Gasteiger partial charge in [0.05, 0.1) is 12.8 Å². The van der Waals surface area contributed by atoms with E-state index < -0.39 is 0 Å². The number of hydrogen-bond donors (Lipinski definition) is 1. The summed E-state index contributed by atoms with van der Waals surface area (Å²) in [6, 6.07) is 8.63. The molecule has 0 aliphatic heterocycles. The lowest BCUT2D eigenvalue weighted by molar-refractivity contribution is 0.505. The molecule has 1 N–H and O–H groups in total. The van der Waals surface area contributed by atoms with Gasteiger partial charge in [-0.2, -0.15) is 0 Å². The van der Waals surface area contributed by atoms with Crippen molar-refractivity contribution < 1.29 is 4.42 Å². The highest BCUT2D eigenvalue weighted by Gasteiger charge is 2.08. The maximum Gasteiger partial charge on any atom is 0.123 e. The van der Waals surface area contributed by atoms with E-state index in [0.29, 0.717) is 0 Å². The molecule has 0 saturated heterocycles. The summed E-state index contributed by atoms with van der Waals surface area (Å²) >= 11 is 0. The zero-order valence-electron chi connectivity index (χ0n) is 12.2. The number of nitrogens with one attached hydrogen (secondary N) is 1. The van der Waals surface area contributed by atoms with Crippen LogP contribution in [0.3, 0.4) is 0 Å². The topological polar surface area (TPSA) is 28.4 Å². The van der Waals surface area contributed by atoms with Gasteiger partial charge in [-0.1, -0.05) is 17.7 Å². The average Bonchev–Trinajstić information content (AvgIpc) is 2.76. The molecule has 0 saturated carbocycles. The van der Waals surface area contributed by atoms with Gasteiger partial charge in [-0.25, -0.2) is 0 Å².